The van der Waals surface area contributed by atoms with Gasteiger partial charge in [-0.3, -0.25) is 4.79 Å². The fourth-order valence-corrected chi connectivity index (χ4v) is 4.55. The lowest BCUT2D eigenvalue weighted by Crippen LogP contribution is -2.45. The number of carbonyl (C=O) groups is 2. The second kappa shape index (κ2) is 12.9. The number of fused-ring (bicyclic) bond motifs is 1. The summed E-state index contributed by atoms with van der Waals surface area (Å²) in [4.78, 5) is 33.3. The van der Waals surface area contributed by atoms with Gasteiger partial charge in [-0.1, -0.05) is 56.3 Å². The van der Waals surface area contributed by atoms with Gasteiger partial charge in [0.1, 0.15) is 12.4 Å². The molecule has 0 spiro atoms. The first kappa shape index (κ1) is 26.9. The third-order valence-corrected chi connectivity index (χ3v) is 6.66. The monoisotopic (exact) mass is 514 g/mol. The second-order valence-electron chi connectivity index (χ2n) is 9.46. The minimum Gasteiger partial charge on any atom is -0.361 e. The molecular formula is C31H35FN4O2. The number of halogens is 1. The fourth-order valence-electron chi connectivity index (χ4n) is 4.55. The van der Waals surface area contributed by atoms with Crippen LogP contribution < -0.4 is 5.32 Å². The zero-order chi connectivity index (χ0) is 26.9. The molecule has 0 unspecified atom stereocenters. The summed E-state index contributed by atoms with van der Waals surface area (Å²) in [5.41, 5.74) is 4.85. The van der Waals surface area contributed by atoms with Crippen molar-refractivity contribution in [3.63, 3.8) is 0 Å². The number of carbonyl (C=O) groups excluding carboxylic acids is 2. The molecule has 1 heterocycles. The average Bonchev–Trinajstić information content (AvgIpc) is 3.35. The van der Waals surface area contributed by atoms with Crippen LogP contribution in [-0.2, 0) is 24.2 Å². The van der Waals surface area contributed by atoms with Crippen molar-refractivity contribution < 1.29 is 14.0 Å². The Bertz CT molecular complexity index is 1370. The van der Waals surface area contributed by atoms with Gasteiger partial charge in [-0.2, -0.15) is 0 Å². The predicted molar refractivity (Wildman–Crippen MR) is 151 cm³/mol. The summed E-state index contributed by atoms with van der Waals surface area (Å²) in [6.07, 6.45) is 4.23. The Balaban J connectivity index is 1.49. The number of amides is 3. The molecular weight excluding hydrogens is 479 g/mol. The van der Waals surface area contributed by atoms with Gasteiger partial charge < -0.3 is 20.1 Å². The molecule has 0 fully saturated rings. The lowest BCUT2D eigenvalue weighted by atomic mass is 10.1. The van der Waals surface area contributed by atoms with E-state index in [9.17, 15) is 14.0 Å². The standard InChI is InChI=1S/C31H35FN4O2/c1-3-17-36(31(38)34-27-9-7-8-23(4-2)19-27)22-30(37)35(21-24-12-14-26(32)15-13-24)18-16-25-20-33-29-11-6-5-10-28(25)29/h5-15,19-20,33H,3-4,16-18,21-22H2,1-2H3,(H,34,38). The van der Waals surface area contributed by atoms with E-state index in [1.165, 1.54) is 12.1 Å². The van der Waals surface area contributed by atoms with Crippen molar-refractivity contribution in [2.75, 3.05) is 25.0 Å². The SMILES string of the molecule is CCCN(CC(=O)N(CCc1c[nH]c2ccccc12)Cc1ccc(F)cc1)C(=O)Nc1cccc(CC)c1. The van der Waals surface area contributed by atoms with Crippen LogP contribution in [0.5, 0.6) is 0 Å². The van der Waals surface area contributed by atoms with Gasteiger partial charge in [-0.25, -0.2) is 9.18 Å². The van der Waals surface area contributed by atoms with Crippen LogP contribution in [0.2, 0.25) is 0 Å². The van der Waals surface area contributed by atoms with Crippen molar-refractivity contribution in [2.45, 2.75) is 39.7 Å². The van der Waals surface area contributed by atoms with E-state index in [1.807, 2.05) is 55.6 Å². The van der Waals surface area contributed by atoms with E-state index < -0.39 is 0 Å². The average molecular weight is 515 g/mol. The Morgan fingerprint density at radius 2 is 1.68 bits per heavy atom. The number of rotatable bonds is 11. The molecule has 0 aliphatic heterocycles. The van der Waals surface area contributed by atoms with E-state index >= 15 is 0 Å². The second-order valence-corrected chi connectivity index (χ2v) is 9.46. The highest BCUT2D eigenvalue weighted by atomic mass is 19.1. The van der Waals surface area contributed by atoms with Crippen LogP contribution in [0.25, 0.3) is 10.9 Å². The Labute approximate surface area is 223 Å². The number of aromatic nitrogens is 1. The number of hydrogen-bond acceptors (Lipinski definition) is 2. The number of aromatic amines is 1. The molecule has 0 aliphatic rings. The Morgan fingerprint density at radius 1 is 0.895 bits per heavy atom. The van der Waals surface area contributed by atoms with Crippen LogP contribution in [0.15, 0.2) is 79.0 Å². The smallest absolute Gasteiger partial charge is 0.322 e. The molecule has 38 heavy (non-hydrogen) atoms. The zero-order valence-corrected chi connectivity index (χ0v) is 22.0. The van der Waals surface area contributed by atoms with Crippen LogP contribution >= 0.6 is 0 Å². The topological polar surface area (TPSA) is 68.4 Å². The zero-order valence-electron chi connectivity index (χ0n) is 22.0. The van der Waals surface area contributed by atoms with Crippen LogP contribution in [0.1, 0.15) is 37.0 Å². The van der Waals surface area contributed by atoms with Gasteiger partial charge in [0.05, 0.1) is 0 Å². The quantitative estimate of drug-likeness (QED) is 0.244. The van der Waals surface area contributed by atoms with Crippen LogP contribution in [0.3, 0.4) is 0 Å². The lowest BCUT2D eigenvalue weighted by molar-refractivity contribution is -0.132. The van der Waals surface area contributed by atoms with E-state index in [4.69, 9.17) is 0 Å². The normalized spacial score (nSPS) is 10.9. The summed E-state index contributed by atoms with van der Waals surface area (Å²) in [5, 5.41) is 4.07. The Kier molecular flexibility index (Phi) is 9.14. The maximum absolute atomic E-state index is 13.6. The van der Waals surface area contributed by atoms with Crippen molar-refractivity contribution in [3.05, 3.63) is 102 Å². The van der Waals surface area contributed by atoms with Gasteiger partial charge in [-0.05, 0) is 66.3 Å². The molecule has 6 nitrogen and oxygen atoms in total. The molecule has 2 N–H and O–H groups in total. The number of anilines is 1. The van der Waals surface area contributed by atoms with Crippen molar-refractivity contribution in [2.24, 2.45) is 0 Å². The molecule has 0 saturated carbocycles. The molecule has 3 amide bonds. The minimum atomic E-state index is -0.316. The number of benzene rings is 3. The number of para-hydroxylation sites is 1. The van der Waals surface area contributed by atoms with E-state index in [-0.39, 0.29) is 24.3 Å². The molecule has 0 saturated heterocycles. The molecule has 4 aromatic rings. The molecule has 0 aliphatic carbocycles. The van der Waals surface area contributed by atoms with E-state index in [0.29, 0.717) is 31.7 Å². The largest absolute Gasteiger partial charge is 0.361 e. The molecule has 0 atom stereocenters. The summed E-state index contributed by atoms with van der Waals surface area (Å²) in [7, 11) is 0. The van der Waals surface area contributed by atoms with Crippen LogP contribution in [-0.4, -0.2) is 46.4 Å². The highest BCUT2D eigenvalue weighted by Gasteiger charge is 2.22. The maximum Gasteiger partial charge on any atom is 0.322 e. The number of nitrogens with one attached hydrogen (secondary N) is 2. The number of hydrogen-bond donors (Lipinski definition) is 2. The number of H-pyrrole nitrogens is 1. The molecule has 198 valence electrons. The lowest BCUT2D eigenvalue weighted by Gasteiger charge is -2.28. The third-order valence-electron chi connectivity index (χ3n) is 6.66. The summed E-state index contributed by atoms with van der Waals surface area (Å²) in [5.74, 6) is -0.469. The molecule has 0 bridgehead atoms. The van der Waals surface area contributed by atoms with Gasteiger partial charge in [0.15, 0.2) is 0 Å². The van der Waals surface area contributed by atoms with Crippen molar-refractivity contribution in [3.8, 4) is 0 Å². The first-order valence-corrected chi connectivity index (χ1v) is 13.2. The Morgan fingerprint density at radius 3 is 2.45 bits per heavy atom. The van der Waals surface area contributed by atoms with Gasteiger partial charge >= 0.3 is 6.03 Å². The summed E-state index contributed by atoms with van der Waals surface area (Å²) in [6, 6.07) is 21.7. The maximum atomic E-state index is 13.6. The highest BCUT2D eigenvalue weighted by molar-refractivity contribution is 5.92. The van der Waals surface area contributed by atoms with Crippen LogP contribution in [0.4, 0.5) is 14.9 Å². The van der Waals surface area contributed by atoms with Gasteiger partial charge in [0, 0.05) is 42.4 Å². The molecule has 1 aromatic heterocycles. The van der Waals surface area contributed by atoms with E-state index in [0.717, 1.165) is 40.4 Å². The highest BCUT2D eigenvalue weighted by Crippen LogP contribution is 2.19. The number of urea groups is 1. The van der Waals surface area contributed by atoms with Crippen LogP contribution in [0, 0.1) is 5.82 Å². The molecule has 7 heteroatoms. The molecule has 0 radical (unpaired) electrons. The summed E-state index contributed by atoms with van der Waals surface area (Å²) in [6.45, 7) is 5.27. The first-order chi connectivity index (χ1) is 18.5. The number of nitrogens with zero attached hydrogens (tertiary/aromatic N) is 2. The predicted octanol–water partition coefficient (Wildman–Crippen LogP) is 6.38. The fraction of sp³-hybridized carbons (Fsp3) is 0.290. The number of aryl methyl sites for hydroxylation is 1. The van der Waals surface area contributed by atoms with Gasteiger partial charge in [0.25, 0.3) is 0 Å². The summed E-state index contributed by atoms with van der Waals surface area (Å²) < 4.78 is 13.5. The van der Waals surface area contributed by atoms with Crippen molar-refractivity contribution in [1.82, 2.24) is 14.8 Å². The van der Waals surface area contributed by atoms with Crippen molar-refractivity contribution >= 4 is 28.5 Å². The van der Waals surface area contributed by atoms with E-state index in [1.54, 1.807) is 21.9 Å². The molecule has 3 aromatic carbocycles. The third kappa shape index (κ3) is 7.00. The minimum absolute atomic E-state index is 0.0395. The van der Waals surface area contributed by atoms with Gasteiger partial charge in [0.2, 0.25) is 5.91 Å². The van der Waals surface area contributed by atoms with Gasteiger partial charge in [-0.15, -0.1) is 0 Å². The summed E-state index contributed by atoms with van der Waals surface area (Å²) >= 11 is 0. The molecule has 4 rings (SSSR count). The van der Waals surface area contributed by atoms with Crippen molar-refractivity contribution in [1.29, 1.82) is 0 Å². The Hall–Kier alpha value is -4.13. The first-order valence-electron chi connectivity index (χ1n) is 13.2. The van der Waals surface area contributed by atoms with E-state index in [2.05, 4.69) is 23.3 Å².